The minimum atomic E-state index is 0.568. The van der Waals surface area contributed by atoms with E-state index in [9.17, 15) is 0 Å². The molecule has 2 aromatic rings. The number of fused-ring (bicyclic) bond motifs is 1. The number of ether oxygens (including phenoxy) is 1. The first-order chi connectivity index (χ1) is 9.78. The summed E-state index contributed by atoms with van der Waals surface area (Å²) >= 11 is 0. The Balaban J connectivity index is 1.71. The fourth-order valence-corrected chi connectivity index (χ4v) is 2.38. The van der Waals surface area contributed by atoms with E-state index in [1.807, 2.05) is 6.07 Å². The van der Waals surface area contributed by atoms with Gasteiger partial charge in [-0.15, -0.1) is 5.10 Å². The van der Waals surface area contributed by atoms with Crippen molar-refractivity contribution >= 4 is 0 Å². The molecule has 3 rings (SSSR count). The predicted octanol–water partition coefficient (Wildman–Crippen LogP) is 0.724. The Labute approximate surface area is 117 Å². The molecule has 20 heavy (non-hydrogen) atoms. The number of hydrogen-bond donors (Lipinski definition) is 1. The van der Waals surface area contributed by atoms with Gasteiger partial charge in [-0.05, 0) is 5.56 Å². The smallest absolute Gasteiger partial charge is 0.233 e. The standard InChI is InChI=1S/C13H18N6O/c1-3-11-14-12(17-16-11)8-19-5-4-10-9(7-19)6-13(20-2)18-15-10/h6H,3-5,7-8H2,1-2H3,(H,14,16,17). The number of aryl methyl sites for hydroxylation is 1. The summed E-state index contributed by atoms with van der Waals surface area (Å²) in [6.07, 6.45) is 1.76. The molecule has 1 aliphatic heterocycles. The normalized spacial score (nSPS) is 15.1. The summed E-state index contributed by atoms with van der Waals surface area (Å²) in [5, 5.41) is 15.4. The molecule has 0 unspecified atom stereocenters. The lowest BCUT2D eigenvalue weighted by atomic mass is 10.1. The first-order valence-corrected chi connectivity index (χ1v) is 6.80. The first kappa shape index (κ1) is 13.0. The van der Waals surface area contributed by atoms with Gasteiger partial charge in [0.05, 0.1) is 19.3 Å². The number of hydrogen-bond acceptors (Lipinski definition) is 6. The van der Waals surface area contributed by atoms with Crippen LogP contribution in [0, 0.1) is 0 Å². The molecule has 7 nitrogen and oxygen atoms in total. The lowest BCUT2D eigenvalue weighted by Crippen LogP contribution is -2.31. The molecule has 106 valence electrons. The first-order valence-electron chi connectivity index (χ1n) is 6.80. The molecular formula is C13H18N6O. The van der Waals surface area contributed by atoms with Crippen LogP contribution < -0.4 is 4.74 Å². The summed E-state index contributed by atoms with van der Waals surface area (Å²) in [6, 6.07) is 1.96. The van der Waals surface area contributed by atoms with Gasteiger partial charge in [0.25, 0.3) is 0 Å². The molecule has 0 saturated heterocycles. The zero-order chi connectivity index (χ0) is 13.9. The largest absolute Gasteiger partial charge is 0.480 e. The molecule has 0 fully saturated rings. The second-order valence-corrected chi connectivity index (χ2v) is 4.87. The summed E-state index contributed by atoms with van der Waals surface area (Å²) in [5.74, 6) is 2.35. The van der Waals surface area contributed by atoms with Crippen molar-refractivity contribution in [3.8, 4) is 5.88 Å². The van der Waals surface area contributed by atoms with Crippen LogP contribution in [0.25, 0.3) is 0 Å². The number of aromatic nitrogens is 5. The highest BCUT2D eigenvalue weighted by Crippen LogP contribution is 2.20. The molecule has 0 aromatic carbocycles. The zero-order valence-corrected chi connectivity index (χ0v) is 11.8. The highest BCUT2D eigenvalue weighted by atomic mass is 16.5. The van der Waals surface area contributed by atoms with E-state index in [1.165, 1.54) is 5.56 Å². The van der Waals surface area contributed by atoms with Crippen molar-refractivity contribution in [2.75, 3.05) is 13.7 Å². The van der Waals surface area contributed by atoms with Gasteiger partial charge < -0.3 is 4.74 Å². The maximum Gasteiger partial charge on any atom is 0.233 e. The molecule has 1 N–H and O–H groups in total. The third-order valence-electron chi connectivity index (χ3n) is 3.47. The maximum atomic E-state index is 5.13. The van der Waals surface area contributed by atoms with Gasteiger partial charge in [0.1, 0.15) is 11.6 Å². The summed E-state index contributed by atoms with van der Waals surface area (Å²) in [5.41, 5.74) is 2.24. The number of rotatable bonds is 4. The number of nitrogens with zero attached hydrogens (tertiary/aromatic N) is 5. The van der Waals surface area contributed by atoms with Crippen LogP contribution in [-0.4, -0.2) is 43.9 Å². The summed E-state index contributed by atoms with van der Waals surface area (Å²) < 4.78 is 5.13. The van der Waals surface area contributed by atoms with Crippen LogP contribution in [0.4, 0.5) is 0 Å². The van der Waals surface area contributed by atoms with Crippen LogP contribution in [0.15, 0.2) is 6.07 Å². The highest BCUT2D eigenvalue weighted by molar-refractivity contribution is 5.26. The minimum absolute atomic E-state index is 0.568. The molecule has 7 heteroatoms. The second kappa shape index (κ2) is 5.54. The summed E-state index contributed by atoms with van der Waals surface area (Å²) in [4.78, 5) is 6.77. The number of aromatic amines is 1. The molecular weight excluding hydrogens is 256 g/mol. The van der Waals surface area contributed by atoms with Crippen LogP contribution in [0.5, 0.6) is 5.88 Å². The average molecular weight is 274 g/mol. The molecule has 3 heterocycles. The third kappa shape index (κ3) is 2.62. The van der Waals surface area contributed by atoms with Crippen molar-refractivity contribution in [1.82, 2.24) is 30.3 Å². The predicted molar refractivity (Wildman–Crippen MR) is 72.2 cm³/mol. The molecule has 0 bridgehead atoms. The van der Waals surface area contributed by atoms with Gasteiger partial charge in [0, 0.05) is 32.0 Å². The monoisotopic (exact) mass is 274 g/mol. The third-order valence-corrected chi connectivity index (χ3v) is 3.47. The molecule has 0 atom stereocenters. The van der Waals surface area contributed by atoms with Crippen LogP contribution >= 0.6 is 0 Å². The van der Waals surface area contributed by atoms with E-state index in [2.05, 4.69) is 37.2 Å². The van der Waals surface area contributed by atoms with Crippen molar-refractivity contribution in [2.45, 2.75) is 32.9 Å². The van der Waals surface area contributed by atoms with Crippen molar-refractivity contribution in [1.29, 1.82) is 0 Å². The van der Waals surface area contributed by atoms with E-state index >= 15 is 0 Å². The van der Waals surface area contributed by atoms with Crippen LogP contribution in [0.2, 0.25) is 0 Å². The molecule has 0 aliphatic carbocycles. The van der Waals surface area contributed by atoms with Crippen molar-refractivity contribution < 1.29 is 4.74 Å². The SMILES string of the molecule is CCc1n[nH]c(CN2CCc3nnc(OC)cc3C2)n1. The zero-order valence-electron chi connectivity index (χ0n) is 11.8. The van der Waals surface area contributed by atoms with E-state index < -0.39 is 0 Å². The van der Waals surface area contributed by atoms with E-state index in [4.69, 9.17) is 4.74 Å². The maximum absolute atomic E-state index is 5.13. The molecule has 2 aromatic heterocycles. The number of nitrogens with one attached hydrogen (secondary N) is 1. The van der Waals surface area contributed by atoms with Gasteiger partial charge in [-0.3, -0.25) is 10.00 Å². The summed E-state index contributed by atoms with van der Waals surface area (Å²) in [7, 11) is 1.61. The van der Waals surface area contributed by atoms with E-state index in [0.717, 1.165) is 49.8 Å². The Morgan fingerprint density at radius 1 is 1.40 bits per heavy atom. The van der Waals surface area contributed by atoms with Crippen molar-refractivity contribution in [3.63, 3.8) is 0 Å². The Kier molecular flexibility index (Phi) is 3.60. The van der Waals surface area contributed by atoms with E-state index in [1.54, 1.807) is 7.11 Å². The van der Waals surface area contributed by atoms with Crippen molar-refractivity contribution in [3.05, 3.63) is 29.0 Å². The van der Waals surface area contributed by atoms with Crippen LogP contribution in [0.3, 0.4) is 0 Å². The molecule has 0 saturated carbocycles. The van der Waals surface area contributed by atoms with E-state index in [-0.39, 0.29) is 0 Å². The lowest BCUT2D eigenvalue weighted by Gasteiger charge is -2.26. The fraction of sp³-hybridized carbons (Fsp3) is 0.538. The summed E-state index contributed by atoms with van der Waals surface area (Å²) in [6.45, 7) is 4.62. The van der Waals surface area contributed by atoms with Crippen LogP contribution in [-0.2, 0) is 25.9 Å². The topological polar surface area (TPSA) is 79.8 Å². The van der Waals surface area contributed by atoms with E-state index in [0.29, 0.717) is 5.88 Å². The Bertz CT molecular complexity index is 596. The fourth-order valence-electron chi connectivity index (χ4n) is 2.38. The Morgan fingerprint density at radius 3 is 3.05 bits per heavy atom. The molecule has 1 aliphatic rings. The minimum Gasteiger partial charge on any atom is -0.480 e. The van der Waals surface area contributed by atoms with Gasteiger partial charge in [-0.1, -0.05) is 6.92 Å². The molecule has 0 amide bonds. The van der Waals surface area contributed by atoms with Gasteiger partial charge in [-0.2, -0.15) is 10.2 Å². The number of H-pyrrole nitrogens is 1. The number of methoxy groups -OCH3 is 1. The lowest BCUT2D eigenvalue weighted by molar-refractivity contribution is 0.235. The highest BCUT2D eigenvalue weighted by Gasteiger charge is 2.19. The van der Waals surface area contributed by atoms with Gasteiger partial charge >= 0.3 is 0 Å². The van der Waals surface area contributed by atoms with Gasteiger partial charge in [0.2, 0.25) is 5.88 Å². The molecule has 0 radical (unpaired) electrons. The second-order valence-electron chi connectivity index (χ2n) is 4.87. The van der Waals surface area contributed by atoms with Crippen LogP contribution in [0.1, 0.15) is 29.8 Å². The average Bonchev–Trinajstić information content (AvgIpc) is 2.94. The Hall–Kier alpha value is -2.02. The molecule has 0 spiro atoms. The van der Waals surface area contributed by atoms with Crippen molar-refractivity contribution in [2.24, 2.45) is 0 Å². The Morgan fingerprint density at radius 2 is 2.30 bits per heavy atom. The van der Waals surface area contributed by atoms with Gasteiger partial charge in [0.15, 0.2) is 0 Å². The van der Waals surface area contributed by atoms with Gasteiger partial charge in [-0.25, -0.2) is 4.98 Å². The quantitative estimate of drug-likeness (QED) is 0.885.